The number of carbonyl (C=O) groups excluding carboxylic acids is 3. The number of nitrogens with one attached hydrogen (secondary N) is 1. The molecule has 19 nitrogen and oxygen atoms in total. The van der Waals surface area contributed by atoms with E-state index in [9.17, 15) is 29.4 Å². The summed E-state index contributed by atoms with van der Waals surface area (Å²) in [5, 5.41) is 48.4. The summed E-state index contributed by atoms with van der Waals surface area (Å²) in [6.07, 6.45) is -7.06. The number of hydrogen-bond donors (Lipinski definition) is 9. The summed E-state index contributed by atoms with van der Waals surface area (Å²) in [5.41, 5.74) is 15.4. The van der Waals surface area contributed by atoms with Crippen molar-refractivity contribution in [2.45, 2.75) is 87.0 Å². The van der Waals surface area contributed by atoms with Gasteiger partial charge in [0.1, 0.15) is 42.7 Å². The third-order valence-corrected chi connectivity index (χ3v) is 6.27. The zero-order valence-electron chi connectivity index (χ0n) is 24.6. The number of carbonyl (C=O) groups is 4. The Bertz CT molecular complexity index is 824. The fourth-order valence-corrected chi connectivity index (χ4v) is 4.03. The van der Waals surface area contributed by atoms with Gasteiger partial charge in [-0.1, -0.05) is 0 Å². The molecule has 43 heavy (non-hydrogen) atoms. The van der Waals surface area contributed by atoms with Gasteiger partial charge in [-0.05, 0) is 0 Å². The summed E-state index contributed by atoms with van der Waals surface area (Å²) < 4.78 is 30.9. The number of nitrogens with two attached hydrogens (primary N) is 3. The van der Waals surface area contributed by atoms with Gasteiger partial charge in [0.2, 0.25) is 17.7 Å². The van der Waals surface area contributed by atoms with E-state index in [-0.39, 0.29) is 32.3 Å². The average molecular weight is 631 g/mol. The van der Waals surface area contributed by atoms with E-state index >= 15 is 0 Å². The first-order chi connectivity index (χ1) is 20.2. The average Bonchev–Trinajstić information content (AvgIpc) is 2.96. The summed E-state index contributed by atoms with van der Waals surface area (Å²) >= 11 is 0. The van der Waals surface area contributed by atoms with Gasteiger partial charge in [-0.3, -0.25) is 19.2 Å². The second kappa shape index (κ2) is 21.2. The summed E-state index contributed by atoms with van der Waals surface area (Å²) in [4.78, 5) is 42.0. The second-order valence-electron chi connectivity index (χ2n) is 9.30. The van der Waals surface area contributed by atoms with Crippen LogP contribution >= 0.6 is 0 Å². The first-order valence-electron chi connectivity index (χ1n) is 13.1. The van der Waals surface area contributed by atoms with Crippen molar-refractivity contribution >= 4 is 23.7 Å². The number of methoxy groups -OCH3 is 4. The molecule has 252 valence electrons. The fourth-order valence-electron chi connectivity index (χ4n) is 4.03. The molecule has 2 aliphatic heterocycles. The molecule has 2 rings (SSSR count). The lowest BCUT2D eigenvalue weighted by atomic mass is 9.96. The van der Waals surface area contributed by atoms with Gasteiger partial charge in [0.05, 0.1) is 25.7 Å². The molecule has 2 fully saturated rings. The summed E-state index contributed by atoms with van der Waals surface area (Å²) in [6.45, 7) is -0.711. The normalized spacial score (nSPS) is 31.8. The second-order valence-corrected chi connectivity index (χ2v) is 9.30. The lowest BCUT2D eigenvalue weighted by molar-refractivity contribution is -0.266. The summed E-state index contributed by atoms with van der Waals surface area (Å²) in [6, 6.07) is -1.35. The molecule has 0 aromatic heterocycles. The Kier molecular flexibility index (Phi) is 19.9. The Morgan fingerprint density at radius 1 is 0.721 bits per heavy atom. The van der Waals surface area contributed by atoms with Crippen LogP contribution in [-0.4, -0.2) is 152 Å². The van der Waals surface area contributed by atoms with Gasteiger partial charge < -0.3 is 76.5 Å². The van der Waals surface area contributed by atoms with Crippen LogP contribution in [0.15, 0.2) is 0 Å². The van der Waals surface area contributed by atoms with Gasteiger partial charge in [0, 0.05) is 47.7 Å². The number of ether oxygens (including phenoxy) is 6. The monoisotopic (exact) mass is 630 g/mol. The smallest absolute Gasteiger partial charge is 0.303 e. The highest BCUT2D eigenvalue weighted by atomic mass is 16.7. The summed E-state index contributed by atoms with van der Waals surface area (Å²) in [7, 11) is 5.62. The van der Waals surface area contributed by atoms with Crippen molar-refractivity contribution in [1.29, 1.82) is 0 Å². The maximum absolute atomic E-state index is 11.8. The van der Waals surface area contributed by atoms with Gasteiger partial charge in [0.25, 0.3) is 0 Å². The number of aliphatic carboxylic acids is 1. The number of carboxylic acid groups (broad SMARTS) is 1. The SMILES string of the molecule is COC1OC(CO)C(O)C(OC)C1N.COC1OC(CO)C(O)C(OC)C1NC(=O)CCC(N)=O.NC(=O)CCC(=O)O. The molecule has 2 aliphatic rings. The molecule has 2 saturated heterocycles. The molecule has 0 bridgehead atoms. The van der Waals surface area contributed by atoms with E-state index in [1.54, 1.807) is 0 Å². The molecular formula is C24H46N4O15. The molecule has 2 heterocycles. The molecule has 3 amide bonds. The fraction of sp³-hybridized carbons (Fsp3) is 0.833. The Morgan fingerprint density at radius 2 is 1.16 bits per heavy atom. The van der Waals surface area contributed by atoms with Crippen molar-refractivity contribution in [1.82, 2.24) is 5.32 Å². The number of rotatable bonds is 13. The highest BCUT2D eigenvalue weighted by molar-refractivity contribution is 5.83. The van der Waals surface area contributed by atoms with Gasteiger partial charge >= 0.3 is 5.97 Å². The number of aliphatic hydroxyl groups excluding tert-OH is 4. The van der Waals surface area contributed by atoms with Crippen molar-refractivity contribution in [2.24, 2.45) is 17.2 Å². The number of aliphatic hydroxyl groups is 4. The first kappa shape index (κ1) is 40.4. The molecule has 10 atom stereocenters. The number of hydrogen-bond acceptors (Lipinski definition) is 15. The van der Waals surface area contributed by atoms with Gasteiger partial charge in [-0.25, -0.2) is 0 Å². The lowest BCUT2D eigenvalue weighted by Crippen LogP contribution is -2.65. The standard InChI is InChI=1S/C12H22N2O7.C8H17NO5.C4H7NO3/c1-19-11-9(14-8(17)4-3-7(13)16)12(20-2)21-6(5-15)10(11)18;1-12-7-5(9)8(13-2)14-4(3-10)6(7)11;5-3(6)1-2-4(7)8/h6,9-12,15,18H,3-5H2,1-2H3,(H2,13,16)(H,14,17);4-8,10-11H,3,9H2,1-2H3;1-2H2,(H2,5,6)(H,7,8). The third-order valence-electron chi connectivity index (χ3n) is 6.27. The van der Waals surface area contributed by atoms with Crippen LogP contribution in [0.25, 0.3) is 0 Å². The molecule has 12 N–H and O–H groups in total. The van der Waals surface area contributed by atoms with Crippen molar-refractivity contribution < 1.29 is 73.1 Å². The third kappa shape index (κ3) is 13.7. The molecule has 0 spiro atoms. The zero-order chi connectivity index (χ0) is 33.3. The first-order valence-corrected chi connectivity index (χ1v) is 13.1. The van der Waals surface area contributed by atoms with Crippen molar-refractivity contribution in [3.63, 3.8) is 0 Å². The molecule has 0 aliphatic carbocycles. The van der Waals surface area contributed by atoms with E-state index in [0.29, 0.717) is 0 Å². The number of amides is 3. The van der Waals surface area contributed by atoms with Crippen LogP contribution in [-0.2, 0) is 47.6 Å². The minimum Gasteiger partial charge on any atom is -0.481 e. The van der Waals surface area contributed by atoms with E-state index < -0.39 is 91.6 Å². The zero-order valence-corrected chi connectivity index (χ0v) is 24.6. The topological polar surface area (TPSA) is 315 Å². The Morgan fingerprint density at radius 3 is 1.53 bits per heavy atom. The van der Waals surface area contributed by atoms with Crippen LogP contribution in [0.1, 0.15) is 25.7 Å². The van der Waals surface area contributed by atoms with Gasteiger partial charge in [-0.2, -0.15) is 0 Å². The van der Waals surface area contributed by atoms with Gasteiger partial charge in [-0.15, -0.1) is 0 Å². The van der Waals surface area contributed by atoms with E-state index in [1.807, 2.05) is 0 Å². The van der Waals surface area contributed by atoms with Crippen LogP contribution in [0, 0.1) is 0 Å². The number of carboxylic acids is 1. The predicted molar refractivity (Wildman–Crippen MR) is 144 cm³/mol. The molecule has 10 unspecified atom stereocenters. The van der Waals surface area contributed by atoms with E-state index in [4.69, 9.17) is 55.2 Å². The number of primary amides is 2. The quantitative estimate of drug-likeness (QED) is 0.0918. The van der Waals surface area contributed by atoms with Crippen molar-refractivity contribution in [3.05, 3.63) is 0 Å². The van der Waals surface area contributed by atoms with E-state index in [2.05, 4.69) is 11.1 Å². The maximum Gasteiger partial charge on any atom is 0.303 e. The highest BCUT2D eigenvalue weighted by Crippen LogP contribution is 2.24. The van der Waals surface area contributed by atoms with Crippen molar-refractivity contribution in [3.8, 4) is 0 Å². The minimum atomic E-state index is -1.13. The highest BCUT2D eigenvalue weighted by Gasteiger charge is 2.46. The Balaban J connectivity index is 0.000000688. The molecule has 0 saturated carbocycles. The van der Waals surface area contributed by atoms with Crippen LogP contribution in [0.2, 0.25) is 0 Å². The van der Waals surface area contributed by atoms with E-state index in [1.165, 1.54) is 28.4 Å². The minimum absolute atomic E-state index is 0.0741. The lowest BCUT2D eigenvalue weighted by Gasteiger charge is -2.43. The van der Waals surface area contributed by atoms with Crippen LogP contribution < -0.4 is 22.5 Å². The van der Waals surface area contributed by atoms with Crippen LogP contribution in [0.5, 0.6) is 0 Å². The van der Waals surface area contributed by atoms with Crippen molar-refractivity contribution in [2.75, 3.05) is 41.7 Å². The molecule has 0 aromatic carbocycles. The maximum atomic E-state index is 11.8. The van der Waals surface area contributed by atoms with Crippen LogP contribution in [0.4, 0.5) is 0 Å². The van der Waals surface area contributed by atoms with Gasteiger partial charge in [0.15, 0.2) is 12.6 Å². The molecule has 0 aromatic rings. The molecule has 0 radical (unpaired) electrons. The van der Waals surface area contributed by atoms with Crippen LogP contribution in [0.3, 0.4) is 0 Å². The molecule has 19 heteroatoms. The Labute approximate surface area is 248 Å². The van der Waals surface area contributed by atoms with E-state index in [0.717, 1.165) is 0 Å². The largest absolute Gasteiger partial charge is 0.481 e. The predicted octanol–water partition coefficient (Wildman–Crippen LogP) is -5.13. The Hall–Kier alpha value is -2.56. The molecular weight excluding hydrogens is 584 g/mol. The summed E-state index contributed by atoms with van der Waals surface area (Å²) in [5.74, 6) is -2.60.